The second-order valence-electron chi connectivity index (χ2n) is 4.89. The molecular formula is C14H11Cl2F3N2O2. The second kappa shape index (κ2) is 6.41. The first kappa shape index (κ1) is 17.6. The molecule has 0 saturated heterocycles. The third kappa shape index (κ3) is 3.97. The average molecular weight is 367 g/mol. The summed E-state index contributed by atoms with van der Waals surface area (Å²) in [6, 6.07) is 3.13. The van der Waals surface area contributed by atoms with Crippen molar-refractivity contribution in [1.29, 1.82) is 0 Å². The molecule has 23 heavy (non-hydrogen) atoms. The van der Waals surface area contributed by atoms with Crippen LogP contribution in [0, 0.1) is 0 Å². The fourth-order valence-electron chi connectivity index (χ4n) is 1.77. The van der Waals surface area contributed by atoms with Gasteiger partial charge in [0.15, 0.2) is 0 Å². The van der Waals surface area contributed by atoms with Crippen molar-refractivity contribution in [2.24, 2.45) is 0 Å². The molecule has 2 rings (SSSR count). The molecule has 9 heteroatoms. The molecule has 1 aromatic heterocycles. The molecule has 0 aliphatic carbocycles. The van der Waals surface area contributed by atoms with Crippen LogP contribution in [0.2, 0.25) is 10.0 Å². The predicted octanol–water partition coefficient (Wildman–Crippen LogP) is 4.35. The Morgan fingerprint density at radius 3 is 2.35 bits per heavy atom. The molecule has 124 valence electrons. The first-order valence-electron chi connectivity index (χ1n) is 6.42. The van der Waals surface area contributed by atoms with Gasteiger partial charge in [-0.05, 0) is 19.9 Å². The molecule has 2 aromatic rings. The van der Waals surface area contributed by atoms with Crippen LogP contribution in [-0.2, 0) is 6.18 Å². The summed E-state index contributed by atoms with van der Waals surface area (Å²) in [6.45, 7) is 3.54. The molecule has 0 atom stereocenters. The van der Waals surface area contributed by atoms with Crippen LogP contribution in [0.1, 0.15) is 19.4 Å². The Morgan fingerprint density at radius 2 is 1.83 bits per heavy atom. The zero-order valence-electron chi connectivity index (χ0n) is 12.0. The number of hydrogen-bond donors (Lipinski definition) is 0. The van der Waals surface area contributed by atoms with E-state index in [1.54, 1.807) is 13.8 Å². The Hall–Kier alpha value is -1.73. The maximum Gasteiger partial charge on any atom is 0.418 e. The third-order valence-electron chi connectivity index (χ3n) is 2.72. The first-order chi connectivity index (χ1) is 10.6. The minimum Gasteiger partial charge on any atom is -0.489 e. The Labute approximate surface area is 139 Å². The number of hydrogen-bond acceptors (Lipinski definition) is 3. The lowest BCUT2D eigenvalue weighted by molar-refractivity contribution is -0.138. The van der Waals surface area contributed by atoms with Gasteiger partial charge >= 0.3 is 6.18 Å². The van der Waals surface area contributed by atoms with Gasteiger partial charge in [-0.2, -0.15) is 23.0 Å². The number of halogens is 5. The lowest BCUT2D eigenvalue weighted by Gasteiger charge is -2.15. The molecule has 0 N–H and O–H groups in total. The summed E-state index contributed by atoms with van der Waals surface area (Å²) in [5.74, 6) is 0.245. The van der Waals surface area contributed by atoms with Crippen LogP contribution >= 0.6 is 23.2 Å². The molecule has 0 fully saturated rings. The fourth-order valence-corrected chi connectivity index (χ4v) is 2.28. The van der Waals surface area contributed by atoms with Crippen molar-refractivity contribution in [2.75, 3.05) is 0 Å². The molecule has 0 unspecified atom stereocenters. The Morgan fingerprint density at radius 1 is 1.17 bits per heavy atom. The van der Waals surface area contributed by atoms with Crippen LogP contribution in [0.25, 0.3) is 5.69 Å². The van der Waals surface area contributed by atoms with Gasteiger partial charge in [0, 0.05) is 12.1 Å². The van der Waals surface area contributed by atoms with E-state index in [0.717, 1.165) is 4.68 Å². The van der Waals surface area contributed by atoms with Crippen molar-refractivity contribution >= 4 is 23.2 Å². The summed E-state index contributed by atoms with van der Waals surface area (Å²) in [5.41, 5.74) is -2.03. The highest BCUT2D eigenvalue weighted by molar-refractivity contribution is 6.36. The molecule has 0 aliphatic rings. The molecule has 0 radical (unpaired) electrons. The minimum atomic E-state index is -4.65. The minimum absolute atomic E-state index is 0.0560. The van der Waals surface area contributed by atoms with Gasteiger partial charge in [-0.15, -0.1) is 0 Å². The maximum atomic E-state index is 12.6. The second-order valence-corrected chi connectivity index (χ2v) is 5.71. The van der Waals surface area contributed by atoms with Gasteiger partial charge in [0.2, 0.25) is 0 Å². The van der Waals surface area contributed by atoms with Crippen LogP contribution in [0.15, 0.2) is 29.2 Å². The van der Waals surface area contributed by atoms with Crippen LogP contribution in [0.5, 0.6) is 5.75 Å². The van der Waals surface area contributed by atoms with E-state index in [4.69, 9.17) is 27.9 Å². The number of ether oxygens (including phenoxy) is 1. The molecule has 0 amide bonds. The van der Waals surface area contributed by atoms with Gasteiger partial charge in [0.25, 0.3) is 5.56 Å². The van der Waals surface area contributed by atoms with Crippen LogP contribution < -0.4 is 10.3 Å². The Kier molecular flexibility index (Phi) is 4.91. The summed E-state index contributed by atoms with van der Waals surface area (Å²) in [7, 11) is 0. The van der Waals surface area contributed by atoms with Crippen LogP contribution in [-0.4, -0.2) is 15.9 Å². The third-order valence-corrected chi connectivity index (χ3v) is 3.32. The monoisotopic (exact) mass is 366 g/mol. The highest BCUT2D eigenvalue weighted by atomic mass is 35.5. The molecule has 0 saturated carbocycles. The van der Waals surface area contributed by atoms with Crippen molar-refractivity contribution in [1.82, 2.24) is 9.78 Å². The topological polar surface area (TPSA) is 44.1 Å². The normalized spacial score (nSPS) is 11.8. The average Bonchev–Trinajstić information content (AvgIpc) is 2.41. The summed E-state index contributed by atoms with van der Waals surface area (Å²) in [5, 5.41) is 3.80. The van der Waals surface area contributed by atoms with E-state index in [1.165, 1.54) is 12.1 Å². The van der Waals surface area contributed by atoms with E-state index in [9.17, 15) is 18.0 Å². The Bertz CT molecular complexity index is 789. The van der Waals surface area contributed by atoms with Crippen molar-refractivity contribution in [3.63, 3.8) is 0 Å². The molecule has 1 aromatic carbocycles. The van der Waals surface area contributed by atoms with Crippen molar-refractivity contribution in [3.05, 3.63) is 50.4 Å². The Balaban J connectivity index is 2.56. The zero-order valence-corrected chi connectivity index (χ0v) is 13.5. The quantitative estimate of drug-likeness (QED) is 0.811. The van der Waals surface area contributed by atoms with Gasteiger partial charge < -0.3 is 4.74 Å². The molecule has 0 aliphatic heterocycles. The summed E-state index contributed by atoms with van der Waals surface area (Å²) >= 11 is 12.0. The van der Waals surface area contributed by atoms with Gasteiger partial charge in [0.1, 0.15) is 5.75 Å². The summed E-state index contributed by atoms with van der Waals surface area (Å²) < 4.78 is 44.0. The van der Waals surface area contributed by atoms with Crippen LogP contribution in [0.4, 0.5) is 13.2 Å². The molecule has 0 bridgehead atoms. The van der Waals surface area contributed by atoms with E-state index in [-0.39, 0.29) is 27.6 Å². The number of benzene rings is 1. The molecule has 4 nitrogen and oxygen atoms in total. The smallest absolute Gasteiger partial charge is 0.418 e. The van der Waals surface area contributed by atoms with Gasteiger partial charge in [-0.25, -0.2) is 0 Å². The largest absolute Gasteiger partial charge is 0.489 e. The SMILES string of the molecule is CC(C)Oc1cc(-n2ncc(C(F)(F)F)cc2=O)c(Cl)cc1Cl. The van der Waals surface area contributed by atoms with Crippen molar-refractivity contribution in [2.45, 2.75) is 26.1 Å². The van der Waals surface area contributed by atoms with E-state index < -0.39 is 17.3 Å². The lowest BCUT2D eigenvalue weighted by atomic mass is 10.2. The number of rotatable bonds is 3. The van der Waals surface area contributed by atoms with E-state index in [0.29, 0.717) is 12.3 Å². The lowest BCUT2D eigenvalue weighted by Crippen LogP contribution is -2.23. The van der Waals surface area contributed by atoms with Crippen LogP contribution in [0.3, 0.4) is 0 Å². The van der Waals surface area contributed by atoms with Gasteiger partial charge in [-0.3, -0.25) is 4.79 Å². The first-order valence-corrected chi connectivity index (χ1v) is 7.18. The van der Waals surface area contributed by atoms with Gasteiger partial charge in [0.05, 0.1) is 33.6 Å². The molecule has 1 heterocycles. The van der Waals surface area contributed by atoms with E-state index in [2.05, 4.69) is 5.10 Å². The molecule has 0 spiro atoms. The zero-order chi connectivity index (χ0) is 17.4. The molecular weight excluding hydrogens is 356 g/mol. The summed E-state index contributed by atoms with van der Waals surface area (Å²) in [4.78, 5) is 11.9. The van der Waals surface area contributed by atoms with Crippen molar-refractivity contribution < 1.29 is 17.9 Å². The number of alkyl halides is 3. The van der Waals surface area contributed by atoms with Gasteiger partial charge in [-0.1, -0.05) is 23.2 Å². The fraction of sp³-hybridized carbons (Fsp3) is 0.286. The number of nitrogens with zero attached hydrogens (tertiary/aromatic N) is 2. The maximum absolute atomic E-state index is 12.6. The predicted molar refractivity (Wildman–Crippen MR) is 80.6 cm³/mol. The highest BCUT2D eigenvalue weighted by Crippen LogP contribution is 2.33. The highest BCUT2D eigenvalue weighted by Gasteiger charge is 2.31. The number of aromatic nitrogens is 2. The van der Waals surface area contributed by atoms with E-state index in [1.807, 2.05) is 0 Å². The van der Waals surface area contributed by atoms with Crippen molar-refractivity contribution in [3.8, 4) is 11.4 Å². The summed E-state index contributed by atoms with van der Waals surface area (Å²) in [6.07, 6.45) is -4.30. The standard InChI is InChI=1S/C14H11Cl2F3N2O2/c1-7(2)23-12-5-11(9(15)4-10(12)16)21-13(22)3-8(6-20-21)14(17,18)19/h3-7H,1-2H3. The van der Waals surface area contributed by atoms with E-state index >= 15 is 0 Å².